The van der Waals surface area contributed by atoms with Crippen molar-refractivity contribution in [3.05, 3.63) is 0 Å². The predicted molar refractivity (Wildman–Crippen MR) is 61.3 cm³/mol. The van der Waals surface area contributed by atoms with Crippen molar-refractivity contribution in [2.75, 3.05) is 12.0 Å². The minimum atomic E-state index is -3.30. The van der Waals surface area contributed by atoms with E-state index in [0.29, 0.717) is 0 Å². The zero-order valence-electron chi connectivity index (χ0n) is 10.4. The Kier molecular flexibility index (Phi) is 5.12. The Morgan fingerprint density at radius 1 is 1.29 bits per heavy atom. The van der Waals surface area contributed by atoms with Crippen LogP contribution in [0, 0.1) is 5.92 Å². The van der Waals surface area contributed by atoms with Crippen molar-refractivity contribution in [2.24, 2.45) is 5.92 Å². The number of sulfone groups is 1. The van der Waals surface area contributed by atoms with Crippen LogP contribution in [0.5, 0.6) is 0 Å². The van der Waals surface area contributed by atoms with Gasteiger partial charge in [0.05, 0.1) is 5.75 Å². The molecule has 0 aliphatic heterocycles. The summed E-state index contributed by atoms with van der Waals surface area (Å²) >= 11 is 0. The summed E-state index contributed by atoms with van der Waals surface area (Å²) in [6, 6.07) is 0. The maximum atomic E-state index is 11.5. The molecule has 0 saturated heterocycles. The second kappa shape index (κ2) is 5.48. The Labute approximate surface area is 101 Å². The molecule has 0 aliphatic carbocycles. The Hall–Kier alpha value is -1.11. The quantitative estimate of drug-likeness (QED) is 0.573. The lowest BCUT2D eigenvalue weighted by atomic mass is 10.1. The molecule has 0 saturated carbocycles. The molecule has 6 nitrogen and oxygen atoms in total. The van der Waals surface area contributed by atoms with Crippen LogP contribution in [0.3, 0.4) is 0 Å². The van der Waals surface area contributed by atoms with Crippen LogP contribution < -0.4 is 0 Å². The summed E-state index contributed by atoms with van der Waals surface area (Å²) in [6.45, 7) is 4.83. The lowest BCUT2D eigenvalue weighted by molar-refractivity contribution is -0.166. The molecular weight excluding hydrogens is 248 g/mol. The molecule has 0 fully saturated rings. The summed E-state index contributed by atoms with van der Waals surface area (Å²) in [5, 5.41) is 8.84. The molecular formula is C10H18O6S. The topological polar surface area (TPSA) is 97.7 Å². The summed E-state index contributed by atoms with van der Waals surface area (Å²) < 4.78 is 26.8. The van der Waals surface area contributed by atoms with Gasteiger partial charge in [-0.3, -0.25) is 9.59 Å². The van der Waals surface area contributed by atoms with Gasteiger partial charge in [-0.25, -0.2) is 8.42 Å². The lowest BCUT2D eigenvalue weighted by Gasteiger charge is -2.22. The first-order valence-electron chi connectivity index (χ1n) is 5.06. The molecule has 1 atom stereocenters. The highest BCUT2D eigenvalue weighted by molar-refractivity contribution is 7.90. The lowest BCUT2D eigenvalue weighted by Crippen LogP contribution is -2.33. The molecule has 0 radical (unpaired) electrons. The summed E-state index contributed by atoms with van der Waals surface area (Å²) in [4.78, 5) is 22.4. The third kappa shape index (κ3) is 7.73. The van der Waals surface area contributed by atoms with Gasteiger partial charge in [-0.05, 0) is 27.2 Å². The molecule has 1 N–H and O–H groups in total. The van der Waals surface area contributed by atoms with Crippen LogP contribution in [0.15, 0.2) is 0 Å². The number of carboxylic acids is 1. The van der Waals surface area contributed by atoms with Gasteiger partial charge in [0.25, 0.3) is 0 Å². The van der Waals surface area contributed by atoms with E-state index < -0.39 is 33.3 Å². The van der Waals surface area contributed by atoms with Crippen molar-refractivity contribution in [1.82, 2.24) is 0 Å². The third-order valence-corrected chi connectivity index (χ3v) is 2.74. The van der Waals surface area contributed by atoms with Gasteiger partial charge in [-0.15, -0.1) is 0 Å². The average Bonchev–Trinajstić information content (AvgIpc) is 1.96. The second-order valence-corrected chi connectivity index (χ2v) is 7.10. The average molecular weight is 266 g/mol. The largest absolute Gasteiger partial charge is 0.481 e. The van der Waals surface area contributed by atoms with Crippen LogP contribution in [0.4, 0.5) is 0 Å². The van der Waals surface area contributed by atoms with Crippen molar-refractivity contribution in [2.45, 2.75) is 32.8 Å². The highest BCUT2D eigenvalue weighted by Gasteiger charge is 2.31. The van der Waals surface area contributed by atoms with Crippen molar-refractivity contribution in [3.63, 3.8) is 0 Å². The van der Waals surface area contributed by atoms with Gasteiger partial charge < -0.3 is 9.84 Å². The van der Waals surface area contributed by atoms with E-state index >= 15 is 0 Å². The van der Waals surface area contributed by atoms with Crippen LogP contribution in [0.25, 0.3) is 0 Å². The third-order valence-electron chi connectivity index (χ3n) is 1.77. The first-order chi connectivity index (χ1) is 7.42. The number of hydrogen-bond donors (Lipinski definition) is 1. The monoisotopic (exact) mass is 266 g/mol. The smallest absolute Gasteiger partial charge is 0.320 e. The van der Waals surface area contributed by atoms with Gasteiger partial charge in [0.15, 0.2) is 5.92 Å². The molecule has 100 valence electrons. The minimum absolute atomic E-state index is 0.275. The second-order valence-electron chi connectivity index (χ2n) is 4.84. The normalized spacial score (nSPS) is 14.1. The molecule has 0 aromatic carbocycles. The molecule has 0 rings (SSSR count). The van der Waals surface area contributed by atoms with E-state index in [9.17, 15) is 18.0 Å². The highest BCUT2D eigenvalue weighted by Crippen LogP contribution is 2.14. The standard InChI is InChI=1S/C10H18O6S/c1-10(2,3)16-9(13)7(8(11)12)5-6-17(4,14)15/h7H,5-6H2,1-4H3,(H,11,12)/t7-/m0/s1. The summed E-state index contributed by atoms with van der Waals surface area (Å²) in [5.41, 5.74) is -0.796. The number of aliphatic carboxylic acids is 1. The summed E-state index contributed by atoms with van der Waals surface area (Å²) in [5.74, 6) is -4.08. The van der Waals surface area contributed by atoms with E-state index in [1.54, 1.807) is 20.8 Å². The van der Waals surface area contributed by atoms with Crippen LogP contribution in [0.1, 0.15) is 27.2 Å². The number of carbonyl (C=O) groups excluding carboxylic acids is 1. The van der Waals surface area contributed by atoms with E-state index in [-0.39, 0.29) is 12.2 Å². The Morgan fingerprint density at radius 3 is 2.06 bits per heavy atom. The SMILES string of the molecule is CC(C)(C)OC(=O)[C@@H](CCS(C)(=O)=O)C(=O)O. The van der Waals surface area contributed by atoms with E-state index in [4.69, 9.17) is 9.84 Å². The van der Waals surface area contributed by atoms with E-state index in [1.807, 2.05) is 0 Å². The fraction of sp³-hybridized carbons (Fsp3) is 0.800. The highest BCUT2D eigenvalue weighted by atomic mass is 32.2. The molecule has 0 aliphatic rings. The molecule has 0 amide bonds. The minimum Gasteiger partial charge on any atom is -0.481 e. The number of hydrogen-bond acceptors (Lipinski definition) is 5. The summed E-state index contributed by atoms with van der Waals surface area (Å²) in [7, 11) is -3.30. The molecule has 0 heterocycles. The number of carbonyl (C=O) groups is 2. The Bertz CT molecular complexity index is 390. The first-order valence-corrected chi connectivity index (χ1v) is 7.12. The van der Waals surface area contributed by atoms with Gasteiger partial charge >= 0.3 is 11.9 Å². The zero-order valence-corrected chi connectivity index (χ0v) is 11.2. The van der Waals surface area contributed by atoms with E-state index in [2.05, 4.69) is 0 Å². The van der Waals surface area contributed by atoms with Gasteiger partial charge in [-0.2, -0.15) is 0 Å². The van der Waals surface area contributed by atoms with Crippen molar-refractivity contribution >= 4 is 21.8 Å². The zero-order chi connectivity index (χ0) is 13.9. The molecule has 7 heteroatoms. The predicted octanol–water partition coefficient (Wildman–Crippen LogP) is 0.464. The van der Waals surface area contributed by atoms with Gasteiger partial charge in [0.1, 0.15) is 15.4 Å². The number of esters is 1. The van der Waals surface area contributed by atoms with Crippen molar-refractivity contribution < 1.29 is 27.9 Å². The van der Waals surface area contributed by atoms with Crippen LogP contribution in [-0.2, 0) is 24.2 Å². The van der Waals surface area contributed by atoms with Gasteiger partial charge in [-0.1, -0.05) is 0 Å². The number of rotatable bonds is 5. The maximum Gasteiger partial charge on any atom is 0.320 e. The fourth-order valence-corrected chi connectivity index (χ4v) is 1.71. The van der Waals surface area contributed by atoms with Crippen LogP contribution in [-0.4, -0.2) is 43.1 Å². The molecule has 0 spiro atoms. The van der Waals surface area contributed by atoms with E-state index in [0.717, 1.165) is 6.26 Å². The first kappa shape index (κ1) is 15.9. The van der Waals surface area contributed by atoms with Gasteiger partial charge in [0.2, 0.25) is 0 Å². The number of ether oxygens (including phenoxy) is 1. The summed E-state index contributed by atoms with van der Waals surface area (Å²) in [6.07, 6.45) is 0.712. The molecule has 17 heavy (non-hydrogen) atoms. The number of carboxylic acid groups (broad SMARTS) is 1. The van der Waals surface area contributed by atoms with Crippen LogP contribution >= 0.6 is 0 Å². The maximum absolute atomic E-state index is 11.5. The van der Waals surface area contributed by atoms with Crippen molar-refractivity contribution in [1.29, 1.82) is 0 Å². The molecule has 0 aromatic heterocycles. The van der Waals surface area contributed by atoms with Gasteiger partial charge in [0, 0.05) is 6.26 Å². The molecule has 0 unspecified atom stereocenters. The van der Waals surface area contributed by atoms with E-state index in [1.165, 1.54) is 0 Å². The fourth-order valence-electron chi connectivity index (χ4n) is 1.05. The molecule has 0 aromatic rings. The molecule has 0 bridgehead atoms. The Balaban J connectivity index is 4.65. The Morgan fingerprint density at radius 2 is 1.76 bits per heavy atom. The van der Waals surface area contributed by atoms with Crippen LogP contribution in [0.2, 0.25) is 0 Å². The van der Waals surface area contributed by atoms with Crippen molar-refractivity contribution in [3.8, 4) is 0 Å².